The molecule has 0 bridgehead atoms. The molecule has 1 aromatic carbocycles. The van der Waals surface area contributed by atoms with Gasteiger partial charge in [0.1, 0.15) is 10.7 Å². The predicted octanol–water partition coefficient (Wildman–Crippen LogP) is 4.86. The van der Waals surface area contributed by atoms with Gasteiger partial charge in [-0.2, -0.15) is 10.4 Å². The normalized spacial score (nSPS) is 14.7. The molecular weight excluding hydrogens is 432 g/mol. The van der Waals surface area contributed by atoms with Crippen molar-refractivity contribution in [3.05, 3.63) is 57.6 Å². The first-order valence-corrected chi connectivity index (χ1v) is 11.4. The van der Waals surface area contributed by atoms with E-state index in [9.17, 15) is 10.1 Å². The Balaban J connectivity index is 1.55. The summed E-state index contributed by atoms with van der Waals surface area (Å²) in [4.78, 5) is 14.7. The Labute approximate surface area is 187 Å². The lowest BCUT2D eigenvalue weighted by Gasteiger charge is -2.10. The molecule has 9 heteroatoms. The van der Waals surface area contributed by atoms with Crippen LogP contribution in [0.4, 0.5) is 0 Å². The minimum atomic E-state index is -0.977. The monoisotopic (exact) mass is 450 g/mol. The van der Waals surface area contributed by atoms with Crippen LogP contribution in [-0.4, -0.2) is 30.3 Å². The summed E-state index contributed by atoms with van der Waals surface area (Å²) >= 11 is 7.49. The first-order chi connectivity index (χ1) is 15.1. The van der Waals surface area contributed by atoms with E-state index in [0.29, 0.717) is 15.7 Å². The van der Waals surface area contributed by atoms with Crippen LogP contribution < -0.4 is 0 Å². The number of fused-ring (bicyclic) bond motifs is 2. The molecule has 7 nitrogen and oxygen atoms in total. The first-order valence-electron chi connectivity index (χ1n) is 10.2. The molecule has 31 heavy (non-hydrogen) atoms. The number of rotatable bonds is 4. The summed E-state index contributed by atoms with van der Waals surface area (Å²) in [6, 6.07) is 11.4. The molecule has 0 fully saturated rings. The van der Waals surface area contributed by atoms with Crippen molar-refractivity contribution in [1.82, 2.24) is 24.5 Å². The summed E-state index contributed by atoms with van der Waals surface area (Å²) in [5, 5.41) is 24.5. The van der Waals surface area contributed by atoms with Gasteiger partial charge in [-0.15, -0.1) is 21.5 Å². The first kappa shape index (κ1) is 19.9. The summed E-state index contributed by atoms with van der Waals surface area (Å²) in [5.41, 5.74) is 1.64. The van der Waals surface area contributed by atoms with E-state index in [1.807, 2.05) is 35.8 Å². The van der Waals surface area contributed by atoms with Crippen molar-refractivity contribution < 1.29 is 4.79 Å². The largest absolute Gasteiger partial charge is 0.313 e. The fourth-order valence-electron chi connectivity index (χ4n) is 4.05. The van der Waals surface area contributed by atoms with Crippen molar-refractivity contribution in [2.75, 3.05) is 0 Å². The second kappa shape index (κ2) is 7.91. The Kier molecular flexibility index (Phi) is 5.08. The Morgan fingerprint density at radius 3 is 2.94 bits per heavy atom. The minimum absolute atomic E-state index is 0.250. The van der Waals surface area contributed by atoms with E-state index in [-0.39, 0.29) is 5.78 Å². The van der Waals surface area contributed by atoms with E-state index < -0.39 is 5.92 Å². The van der Waals surface area contributed by atoms with E-state index in [0.717, 1.165) is 59.7 Å². The smallest absolute Gasteiger partial charge is 0.197 e. The number of thiophene rings is 1. The number of carbonyl (C=O) groups excluding carboxylic acids is 1. The summed E-state index contributed by atoms with van der Waals surface area (Å²) in [5.74, 6) is 0.0922. The van der Waals surface area contributed by atoms with Crippen LogP contribution in [0, 0.1) is 18.3 Å². The third-order valence-electron chi connectivity index (χ3n) is 5.63. The molecule has 4 aromatic rings. The van der Waals surface area contributed by atoms with Crippen molar-refractivity contribution >= 4 is 38.9 Å². The number of nitrogens with zero attached hydrogens (tertiary/aromatic N) is 6. The second-order valence-corrected chi connectivity index (χ2v) is 9.14. The number of nitriles is 1. The predicted molar refractivity (Wildman–Crippen MR) is 119 cm³/mol. The summed E-state index contributed by atoms with van der Waals surface area (Å²) < 4.78 is 3.76. The molecule has 0 radical (unpaired) electrons. The molecule has 4 heterocycles. The number of carbonyl (C=O) groups is 1. The molecule has 5 rings (SSSR count). The fraction of sp³-hybridized carbons (Fsp3) is 0.318. The summed E-state index contributed by atoms with van der Waals surface area (Å²) in [6.45, 7) is 2.66. The van der Waals surface area contributed by atoms with Crippen LogP contribution in [0.1, 0.15) is 52.2 Å². The van der Waals surface area contributed by atoms with Gasteiger partial charge in [0.25, 0.3) is 0 Å². The van der Waals surface area contributed by atoms with Crippen LogP contribution >= 0.6 is 22.9 Å². The summed E-state index contributed by atoms with van der Waals surface area (Å²) in [7, 11) is 0. The average molecular weight is 451 g/mol. The van der Waals surface area contributed by atoms with Crippen LogP contribution in [0.15, 0.2) is 30.3 Å². The highest BCUT2D eigenvalue weighted by molar-refractivity contribution is 7.20. The standard InChI is InChI=1S/C22H19ClN6OS/c1-13-16-11-18(31-22(16)29(27-13)15-7-5-6-14(23)10-15)20(30)17(12-24)21-26-25-19-8-3-2-4-9-28(19)21/h5-7,10-11,17H,2-4,8-9H2,1H3. The third-order valence-corrected chi connectivity index (χ3v) is 6.99. The average Bonchev–Trinajstić information content (AvgIpc) is 3.39. The maximum atomic E-state index is 13.4. The molecule has 1 atom stereocenters. The van der Waals surface area contributed by atoms with Gasteiger partial charge in [-0.3, -0.25) is 4.79 Å². The van der Waals surface area contributed by atoms with Crippen LogP contribution in [0.2, 0.25) is 5.02 Å². The van der Waals surface area contributed by atoms with E-state index in [2.05, 4.69) is 21.4 Å². The third kappa shape index (κ3) is 3.44. The van der Waals surface area contributed by atoms with Crippen LogP contribution in [0.3, 0.4) is 0 Å². The Hall–Kier alpha value is -3.02. The number of benzene rings is 1. The van der Waals surface area contributed by atoms with Crippen LogP contribution in [0.25, 0.3) is 15.9 Å². The van der Waals surface area contributed by atoms with Crippen molar-refractivity contribution in [1.29, 1.82) is 5.26 Å². The minimum Gasteiger partial charge on any atom is -0.313 e. The lowest BCUT2D eigenvalue weighted by Crippen LogP contribution is -2.17. The molecule has 1 unspecified atom stereocenters. The Morgan fingerprint density at radius 1 is 1.26 bits per heavy atom. The molecular formula is C22H19ClN6OS. The SMILES string of the molecule is Cc1nn(-c2cccc(Cl)c2)c2sc(C(=O)C(C#N)c3nnc4n3CCCCC4)cc12. The lowest BCUT2D eigenvalue weighted by molar-refractivity contribution is 0.0978. The molecule has 156 valence electrons. The zero-order valence-corrected chi connectivity index (χ0v) is 18.4. The molecule has 0 amide bonds. The van der Waals surface area contributed by atoms with Crippen molar-refractivity contribution in [3.63, 3.8) is 0 Å². The van der Waals surface area contributed by atoms with Gasteiger partial charge in [0.05, 0.1) is 22.3 Å². The highest BCUT2D eigenvalue weighted by Crippen LogP contribution is 2.34. The van der Waals surface area contributed by atoms with Gasteiger partial charge in [-0.05, 0) is 44.0 Å². The Bertz CT molecular complexity index is 1340. The number of Topliss-reactive ketones (excluding diaryl/α,β-unsaturated/α-hetero) is 1. The van der Waals surface area contributed by atoms with Gasteiger partial charge < -0.3 is 4.57 Å². The number of halogens is 1. The molecule has 1 aliphatic heterocycles. The topological polar surface area (TPSA) is 89.4 Å². The van der Waals surface area contributed by atoms with Gasteiger partial charge >= 0.3 is 0 Å². The van der Waals surface area contributed by atoms with E-state index in [4.69, 9.17) is 11.6 Å². The second-order valence-electron chi connectivity index (χ2n) is 7.67. The zero-order valence-electron chi connectivity index (χ0n) is 16.9. The number of aromatic nitrogens is 5. The maximum absolute atomic E-state index is 13.4. The van der Waals surface area contributed by atoms with E-state index in [1.165, 1.54) is 11.3 Å². The highest BCUT2D eigenvalue weighted by Gasteiger charge is 2.31. The maximum Gasteiger partial charge on any atom is 0.197 e. The van der Waals surface area contributed by atoms with Gasteiger partial charge in [0.2, 0.25) is 0 Å². The molecule has 0 spiro atoms. The number of hydrogen-bond acceptors (Lipinski definition) is 6. The number of hydrogen-bond donors (Lipinski definition) is 0. The molecule has 0 N–H and O–H groups in total. The molecule has 3 aromatic heterocycles. The number of ketones is 1. The number of aryl methyl sites for hydroxylation is 2. The molecule has 0 aliphatic carbocycles. The van der Waals surface area contributed by atoms with Crippen LogP contribution in [-0.2, 0) is 13.0 Å². The van der Waals surface area contributed by atoms with Crippen molar-refractivity contribution in [2.24, 2.45) is 0 Å². The van der Waals surface area contributed by atoms with Gasteiger partial charge in [-0.1, -0.05) is 24.1 Å². The quantitative estimate of drug-likeness (QED) is 0.414. The lowest BCUT2D eigenvalue weighted by atomic mass is 10.0. The fourth-order valence-corrected chi connectivity index (χ4v) is 5.39. The zero-order chi connectivity index (χ0) is 21.5. The van der Waals surface area contributed by atoms with Crippen molar-refractivity contribution in [2.45, 2.75) is 45.1 Å². The summed E-state index contributed by atoms with van der Waals surface area (Å²) in [6.07, 6.45) is 4.00. The van der Waals surface area contributed by atoms with Gasteiger partial charge in [0.15, 0.2) is 17.5 Å². The van der Waals surface area contributed by atoms with Gasteiger partial charge in [0, 0.05) is 23.4 Å². The van der Waals surface area contributed by atoms with E-state index >= 15 is 0 Å². The van der Waals surface area contributed by atoms with Crippen LogP contribution in [0.5, 0.6) is 0 Å². The van der Waals surface area contributed by atoms with Gasteiger partial charge in [-0.25, -0.2) is 4.68 Å². The molecule has 0 saturated carbocycles. The Morgan fingerprint density at radius 2 is 2.13 bits per heavy atom. The highest BCUT2D eigenvalue weighted by atomic mass is 35.5. The molecule has 1 aliphatic rings. The van der Waals surface area contributed by atoms with Crippen molar-refractivity contribution in [3.8, 4) is 11.8 Å². The molecule has 0 saturated heterocycles. The van der Waals surface area contributed by atoms with E-state index in [1.54, 1.807) is 10.7 Å².